The quantitative estimate of drug-likeness (QED) is 0.795. The summed E-state index contributed by atoms with van der Waals surface area (Å²) in [4.78, 5) is 0. The number of likely N-dealkylation sites (N-methyl/N-ethyl adjacent to an activating group) is 1. The molecule has 0 saturated heterocycles. The number of aryl methyl sites for hydroxylation is 1. The second-order valence-electron chi connectivity index (χ2n) is 4.67. The lowest BCUT2D eigenvalue weighted by Gasteiger charge is -2.18. The molecule has 0 aliphatic carbocycles. The summed E-state index contributed by atoms with van der Waals surface area (Å²) >= 11 is 2.30. The lowest BCUT2D eigenvalue weighted by molar-refractivity contribution is 0.587. The van der Waals surface area contributed by atoms with E-state index in [0.29, 0.717) is 0 Å². The second-order valence-corrected chi connectivity index (χ2v) is 5.91. The summed E-state index contributed by atoms with van der Waals surface area (Å²) in [7, 11) is 1.96. The second kappa shape index (κ2) is 6.48. The van der Waals surface area contributed by atoms with Crippen LogP contribution >= 0.6 is 22.6 Å². The van der Waals surface area contributed by atoms with Gasteiger partial charge in [0.15, 0.2) is 0 Å². The molecule has 2 aromatic carbocycles. The van der Waals surface area contributed by atoms with Crippen molar-refractivity contribution in [1.82, 2.24) is 5.32 Å². The van der Waals surface area contributed by atoms with Crippen molar-refractivity contribution in [1.29, 1.82) is 0 Å². The Kier molecular flexibility index (Phi) is 4.93. The molecule has 19 heavy (non-hydrogen) atoms. The van der Waals surface area contributed by atoms with E-state index in [0.717, 1.165) is 12.0 Å². The number of benzene rings is 2. The van der Waals surface area contributed by atoms with E-state index in [2.05, 4.69) is 52.2 Å². The van der Waals surface area contributed by atoms with Crippen LogP contribution in [-0.4, -0.2) is 7.05 Å². The van der Waals surface area contributed by atoms with E-state index in [4.69, 9.17) is 0 Å². The third-order valence-electron chi connectivity index (χ3n) is 3.35. The van der Waals surface area contributed by atoms with Crippen LogP contribution in [0.3, 0.4) is 0 Å². The van der Waals surface area contributed by atoms with E-state index in [9.17, 15) is 4.39 Å². The molecule has 0 bridgehead atoms. The van der Waals surface area contributed by atoms with E-state index in [-0.39, 0.29) is 11.9 Å². The Bertz CT molecular complexity index is 551. The molecule has 0 spiro atoms. The molecular weight excluding hydrogens is 352 g/mol. The third-order valence-corrected chi connectivity index (χ3v) is 4.07. The van der Waals surface area contributed by atoms with Crippen molar-refractivity contribution >= 4 is 22.6 Å². The molecule has 0 radical (unpaired) electrons. The van der Waals surface area contributed by atoms with E-state index >= 15 is 0 Å². The maximum Gasteiger partial charge on any atom is 0.123 e. The zero-order valence-corrected chi connectivity index (χ0v) is 13.2. The first-order valence-corrected chi connectivity index (χ1v) is 7.36. The molecule has 0 amide bonds. The van der Waals surface area contributed by atoms with Gasteiger partial charge in [0.2, 0.25) is 0 Å². The first-order chi connectivity index (χ1) is 9.10. The molecule has 0 saturated carbocycles. The van der Waals surface area contributed by atoms with Gasteiger partial charge < -0.3 is 5.32 Å². The van der Waals surface area contributed by atoms with Gasteiger partial charge in [-0.2, -0.15) is 0 Å². The molecule has 2 rings (SSSR count). The van der Waals surface area contributed by atoms with Gasteiger partial charge in [-0.15, -0.1) is 0 Å². The van der Waals surface area contributed by atoms with Crippen LogP contribution in [0.1, 0.15) is 22.7 Å². The van der Waals surface area contributed by atoms with Crippen molar-refractivity contribution in [2.75, 3.05) is 7.05 Å². The molecule has 1 atom stereocenters. The van der Waals surface area contributed by atoms with Crippen LogP contribution in [-0.2, 0) is 6.42 Å². The zero-order valence-electron chi connectivity index (χ0n) is 11.1. The lowest BCUT2D eigenvalue weighted by Crippen LogP contribution is -2.19. The van der Waals surface area contributed by atoms with Crippen molar-refractivity contribution in [2.24, 2.45) is 0 Å². The van der Waals surface area contributed by atoms with Crippen LogP contribution < -0.4 is 5.32 Å². The highest BCUT2D eigenvalue weighted by Gasteiger charge is 2.11. The number of hydrogen-bond acceptors (Lipinski definition) is 1. The summed E-state index contributed by atoms with van der Waals surface area (Å²) in [5.74, 6) is -0.170. The molecule has 1 nitrogen and oxygen atoms in total. The van der Waals surface area contributed by atoms with E-state index < -0.39 is 0 Å². The highest BCUT2D eigenvalue weighted by Crippen LogP contribution is 2.21. The maximum absolute atomic E-state index is 13.1. The Hall–Kier alpha value is -0.940. The molecule has 0 aromatic heterocycles. The Morgan fingerprint density at radius 2 is 1.84 bits per heavy atom. The largest absolute Gasteiger partial charge is 0.313 e. The fourth-order valence-electron chi connectivity index (χ4n) is 2.19. The first-order valence-electron chi connectivity index (χ1n) is 6.28. The normalized spacial score (nSPS) is 12.4. The fraction of sp³-hybridized carbons (Fsp3) is 0.250. The van der Waals surface area contributed by atoms with Gasteiger partial charge in [0.25, 0.3) is 0 Å². The highest BCUT2D eigenvalue weighted by atomic mass is 127. The molecule has 1 unspecified atom stereocenters. The van der Waals surface area contributed by atoms with Crippen LogP contribution in [0, 0.1) is 16.3 Å². The molecule has 0 fully saturated rings. The average molecular weight is 369 g/mol. The molecular formula is C16H17FIN. The monoisotopic (exact) mass is 369 g/mol. The lowest BCUT2D eigenvalue weighted by atomic mass is 9.96. The van der Waals surface area contributed by atoms with Gasteiger partial charge in [-0.05, 0) is 83.9 Å². The summed E-state index contributed by atoms with van der Waals surface area (Å²) < 4.78 is 14.3. The summed E-state index contributed by atoms with van der Waals surface area (Å²) in [6.45, 7) is 1.96. The van der Waals surface area contributed by atoms with Gasteiger partial charge >= 0.3 is 0 Å². The molecule has 100 valence electrons. The number of halogens is 2. The third kappa shape index (κ3) is 3.76. The Balaban J connectivity index is 2.21. The Morgan fingerprint density at radius 3 is 2.42 bits per heavy atom. The molecule has 0 heterocycles. The SMILES string of the molecule is CNC(Cc1ccc(F)cc1C)c1ccc(I)cc1. The number of rotatable bonds is 4. The zero-order chi connectivity index (χ0) is 13.8. The van der Waals surface area contributed by atoms with Gasteiger partial charge in [-0.3, -0.25) is 0 Å². The topological polar surface area (TPSA) is 12.0 Å². The predicted molar refractivity (Wildman–Crippen MR) is 85.8 cm³/mol. The predicted octanol–water partition coefficient (Wildman–Crippen LogP) is 4.24. The van der Waals surface area contributed by atoms with E-state index in [1.165, 1.54) is 20.8 Å². The van der Waals surface area contributed by atoms with Crippen LogP contribution in [0.5, 0.6) is 0 Å². The smallest absolute Gasteiger partial charge is 0.123 e. The molecule has 1 N–H and O–H groups in total. The van der Waals surface area contributed by atoms with E-state index in [1.54, 1.807) is 6.07 Å². The fourth-order valence-corrected chi connectivity index (χ4v) is 2.55. The van der Waals surface area contributed by atoms with Crippen molar-refractivity contribution in [3.8, 4) is 0 Å². The summed E-state index contributed by atoms with van der Waals surface area (Å²) in [6, 6.07) is 13.8. The molecule has 3 heteroatoms. The van der Waals surface area contributed by atoms with Gasteiger partial charge in [0.05, 0.1) is 0 Å². The van der Waals surface area contributed by atoms with Crippen molar-refractivity contribution in [2.45, 2.75) is 19.4 Å². The maximum atomic E-state index is 13.1. The number of hydrogen-bond donors (Lipinski definition) is 1. The van der Waals surface area contributed by atoms with Crippen LogP contribution in [0.25, 0.3) is 0 Å². The van der Waals surface area contributed by atoms with Gasteiger partial charge in [-0.25, -0.2) is 4.39 Å². The summed E-state index contributed by atoms with van der Waals surface area (Å²) in [5, 5.41) is 3.33. The average Bonchev–Trinajstić information content (AvgIpc) is 2.39. The van der Waals surface area contributed by atoms with Crippen LogP contribution in [0.2, 0.25) is 0 Å². The van der Waals surface area contributed by atoms with E-state index in [1.807, 2.05) is 20.0 Å². The first kappa shape index (κ1) is 14.5. The Labute approximate surface area is 127 Å². The highest BCUT2D eigenvalue weighted by molar-refractivity contribution is 14.1. The van der Waals surface area contributed by atoms with Crippen LogP contribution in [0.15, 0.2) is 42.5 Å². The minimum Gasteiger partial charge on any atom is -0.313 e. The van der Waals surface area contributed by atoms with Gasteiger partial charge in [0.1, 0.15) is 5.82 Å². The van der Waals surface area contributed by atoms with Crippen molar-refractivity contribution in [3.63, 3.8) is 0 Å². The van der Waals surface area contributed by atoms with Gasteiger partial charge in [-0.1, -0.05) is 18.2 Å². The van der Waals surface area contributed by atoms with Crippen LogP contribution in [0.4, 0.5) is 4.39 Å². The standard InChI is InChI=1S/C16H17FIN/c1-11-9-14(17)6-3-13(11)10-16(19-2)12-4-7-15(18)8-5-12/h3-9,16,19H,10H2,1-2H3. The van der Waals surface area contributed by atoms with Crippen molar-refractivity contribution in [3.05, 3.63) is 68.5 Å². The summed E-state index contributed by atoms with van der Waals surface area (Å²) in [6.07, 6.45) is 0.864. The van der Waals surface area contributed by atoms with Crippen molar-refractivity contribution < 1.29 is 4.39 Å². The minimum atomic E-state index is -0.170. The van der Waals surface area contributed by atoms with Gasteiger partial charge in [0, 0.05) is 9.61 Å². The molecule has 0 aliphatic rings. The number of nitrogens with one attached hydrogen (secondary N) is 1. The molecule has 0 aliphatic heterocycles. The summed E-state index contributed by atoms with van der Waals surface area (Å²) in [5.41, 5.74) is 3.44. The molecule has 2 aromatic rings. The minimum absolute atomic E-state index is 0.170. The Morgan fingerprint density at radius 1 is 1.16 bits per heavy atom.